The molecule has 23 heavy (non-hydrogen) atoms. The Morgan fingerprint density at radius 2 is 1.26 bits per heavy atom. The minimum Gasteiger partial charge on any atom is -0.375 e. The highest BCUT2D eigenvalue weighted by atomic mass is 16.5. The normalized spacial score (nSPS) is 11.6. The molecule has 0 aliphatic rings. The molecule has 1 heteroatoms. The van der Waals surface area contributed by atoms with Crippen molar-refractivity contribution in [3.05, 3.63) is 71.8 Å². The van der Waals surface area contributed by atoms with Gasteiger partial charge in [-0.2, -0.15) is 0 Å². The van der Waals surface area contributed by atoms with E-state index in [-0.39, 0.29) is 5.60 Å². The summed E-state index contributed by atoms with van der Waals surface area (Å²) in [5, 5.41) is 0. The van der Waals surface area contributed by atoms with Crippen LogP contribution in [0.15, 0.2) is 60.7 Å². The maximum atomic E-state index is 6.10. The van der Waals surface area contributed by atoms with E-state index >= 15 is 0 Å². The van der Waals surface area contributed by atoms with Gasteiger partial charge in [-0.25, -0.2) is 0 Å². The Morgan fingerprint density at radius 3 is 1.91 bits per heavy atom. The standard InChI is InChI=1S/C22H30O/c1-22(2,19-21-16-10-6-11-17-21)23-18-12-4-3-7-13-20-14-8-5-9-15-20/h5-6,8-11,14-17H,3-4,7,12-13,18-19H2,1-2H3. The summed E-state index contributed by atoms with van der Waals surface area (Å²) < 4.78 is 6.10. The van der Waals surface area contributed by atoms with E-state index in [1.807, 2.05) is 0 Å². The maximum absolute atomic E-state index is 6.10. The van der Waals surface area contributed by atoms with Crippen LogP contribution in [0.1, 0.15) is 50.7 Å². The van der Waals surface area contributed by atoms with Crippen molar-refractivity contribution in [1.82, 2.24) is 0 Å². The first-order valence-corrected chi connectivity index (χ1v) is 8.87. The number of aryl methyl sites for hydroxylation is 1. The highest BCUT2D eigenvalue weighted by Crippen LogP contribution is 2.18. The number of rotatable bonds is 10. The predicted molar refractivity (Wildman–Crippen MR) is 98.8 cm³/mol. The molecule has 0 spiro atoms. The van der Waals surface area contributed by atoms with Gasteiger partial charge in [-0.1, -0.05) is 73.5 Å². The molecule has 0 saturated heterocycles. The molecule has 0 saturated carbocycles. The number of hydrogen-bond acceptors (Lipinski definition) is 1. The lowest BCUT2D eigenvalue weighted by atomic mass is 9.98. The largest absolute Gasteiger partial charge is 0.375 e. The third-order valence-electron chi connectivity index (χ3n) is 4.17. The summed E-state index contributed by atoms with van der Waals surface area (Å²) in [7, 11) is 0. The molecule has 0 amide bonds. The topological polar surface area (TPSA) is 9.23 Å². The van der Waals surface area contributed by atoms with Gasteiger partial charge < -0.3 is 4.74 Å². The van der Waals surface area contributed by atoms with Crippen molar-refractivity contribution >= 4 is 0 Å². The van der Waals surface area contributed by atoms with Gasteiger partial charge in [0.1, 0.15) is 0 Å². The quantitative estimate of drug-likeness (QED) is 0.502. The molecule has 0 bridgehead atoms. The van der Waals surface area contributed by atoms with Crippen LogP contribution in [0.3, 0.4) is 0 Å². The fraction of sp³-hybridized carbons (Fsp3) is 0.455. The SMILES string of the molecule is CC(C)(Cc1ccccc1)OCCCCCCc1ccccc1. The van der Waals surface area contributed by atoms with Gasteiger partial charge in [-0.05, 0) is 44.2 Å². The minimum absolute atomic E-state index is 0.0780. The Labute approximate surface area is 141 Å². The zero-order chi connectivity index (χ0) is 16.4. The fourth-order valence-corrected chi connectivity index (χ4v) is 2.92. The Balaban J connectivity index is 1.54. The predicted octanol–water partition coefficient (Wildman–Crippen LogP) is 5.83. The average Bonchev–Trinajstić information content (AvgIpc) is 2.55. The molecule has 0 aliphatic carbocycles. The molecule has 0 atom stereocenters. The van der Waals surface area contributed by atoms with E-state index in [9.17, 15) is 0 Å². The number of unbranched alkanes of at least 4 members (excludes halogenated alkanes) is 3. The number of benzene rings is 2. The molecular formula is C22H30O. The van der Waals surface area contributed by atoms with E-state index < -0.39 is 0 Å². The molecule has 0 fully saturated rings. The molecule has 1 nitrogen and oxygen atoms in total. The van der Waals surface area contributed by atoms with Crippen LogP contribution >= 0.6 is 0 Å². The number of hydrogen-bond donors (Lipinski definition) is 0. The van der Waals surface area contributed by atoms with Crippen LogP contribution in [0.25, 0.3) is 0 Å². The van der Waals surface area contributed by atoms with Crippen molar-refractivity contribution in [2.75, 3.05) is 6.61 Å². The van der Waals surface area contributed by atoms with Crippen molar-refractivity contribution < 1.29 is 4.74 Å². The van der Waals surface area contributed by atoms with Gasteiger partial charge in [0.15, 0.2) is 0 Å². The maximum Gasteiger partial charge on any atom is 0.0666 e. The third kappa shape index (κ3) is 7.47. The van der Waals surface area contributed by atoms with Crippen LogP contribution in [0.5, 0.6) is 0 Å². The second-order valence-electron chi connectivity index (χ2n) is 6.92. The summed E-state index contributed by atoms with van der Waals surface area (Å²) in [4.78, 5) is 0. The van der Waals surface area contributed by atoms with Gasteiger partial charge in [-0.3, -0.25) is 0 Å². The van der Waals surface area contributed by atoms with Gasteiger partial charge in [0.05, 0.1) is 5.60 Å². The summed E-state index contributed by atoms with van der Waals surface area (Å²) in [5.74, 6) is 0. The van der Waals surface area contributed by atoms with Crippen molar-refractivity contribution in [1.29, 1.82) is 0 Å². The second kappa shape index (κ2) is 9.52. The molecule has 2 rings (SSSR count). The van der Waals surface area contributed by atoms with Crippen molar-refractivity contribution in [2.45, 2.75) is 58.0 Å². The highest BCUT2D eigenvalue weighted by molar-refractivity contribution is 5.16. The summed E-state index contributed by atoms with van der Waals surface area (Å²) in [6, 6.07) is 21.4. The molecule has 0 unspecified atom stereocenters. The van der Waals surface area contributed by atoms with Crippen molar-refractivity contribution in [2.24, 2.45) is 0 Å². The molecule has 0 aromatic heterocycles. The second-order valence-corrected chi connectivity index (χ2v) is 6.92. The minimum atomic E-state index is -0.0780. The third-order valence-corrected chi connectivity index (χ3v) is 4.17. The van der Waals surface area contributed by atoms with E-state index in [0.29, 0.717) is 0 Å². The van der Waals surface area contributed by atoms with E-state index in [1.165, 1.54) is 36.8 Å². The summed E-state index contributed by atoms with van der Waals surface area (Å²) in [6.45, 7) is 5.25. The van der Waals surface area contributed by atoms with Crippen LogP contribution in [0, 0.1) is 0 Å². The fourth-order valence-electron chi connectivity index (χ4n) is 2.92. The van der Waals surface area contributed by atoms with Crippen LogP contribution < -0.4 is 0 Å². The Morgan fingerprint density at radius 1 is 0.696 bits per heavy atom. The van der Waals surface area contributed by atoms with Gasteiger partial charge in [0.2, 0.25) is 0 Å². The van der Waals surface area contributed by atoms with E-state index in [4.69, 9.17) is 4.74 Å². The molecular weight excluding hydrogens is 280 g/mol. The lowest BCUT2D eigenvalue weighted by Crippen LogP contribution is -2.27. The van der Waals surface area contributed by atoms with Crippen LogP contribution in [0.4, 0.5) is 0 Å². The van der Waals surface area contributed by atoms with Gasteiger partial charge in [0.25, 0.3) is 0 Å². The highest BCUT2D eigenvalue weighted by Gasteiger charge is 2.18. The molecule has 124 valence electrons. The van der Waals surface area contributed by atoms with Gasteiger partial charge in [0, 0.05) is 13.0 Å². The first-order chi connectivity index (χ1) is 11.2. The Kier molecular flexibility index (Phi) is 7.35. The van der Waals surface area contributed by atoms with E-state index in [1.54, 1.807) is 0 Å². The lowest BCUT2D eigenvalue weighted by Gasteiger charge is -2.25. The van der Waals surface area contributed by atoms with Crippen molar-refractivity contribution in [3.63, 3.8) is 0 Å². The molecule has 2 aromatic carbocycles. The Bertz CT molecular complexity index is 530. The lowest BCUT2D eigenvalue weighted by molar-refractivity contribution is -0.0187. The van der Waals surface area contributed by atoms with Crippen molar-refractivity contribution in [3.8, 4) is 0 Å². The molecule has 0 N–H and O–H groups in total. The van der Waals surface area contributed by atoms with Crippen LogP contribution in [-0.4, -0.2) is 12.2 Å². The zero-order valence-electron chi connectivity index (χ0n) is 14.6. The Hall–Kier alpha value is -1.60. The first-order valence-electron chi connectivity index (χ1n) is 8.87. The van der Waals surface area contributed by atoms with Gasteiger partial charge in [-0.15, -0.1) is 0 Å². The first kappa shape index (κ1) is 17.7. The number of ether oxygens (including phenoxy) is 1. The summed E-state index contributed by atoms with van der Waals surface area (Å²) in [5.41, 5.74) is 2.72. The molecule has 2 aromatic rings. The smallest absolute Gasteiger partial charge is 0.0666 e. The van der Waals surface area contributed by atoms with Gasteiger partial charge >= 0.3 is 0 Å². The van der Waals surface area contributed by atoms with Crippen LogP contribution in [0.2, 0.25) is 0 Å². The molecule has 0 aliphatic heterocycles. The summed E-state index contributed by atoms with van der Waals surface area (Å²) >= 11 is 0. The van der Waals surface area contributed by atoms with E-state index in [2.05, 4.69) is 74.5 Å². The molecule has 0 heterocycles. The monoisotopic (exact) mass is 310 g/mol. The van der Waals surface area contributed by atoms with Crippen LogP contribution in [-0.2, 0) is 17.6 Å². The summed E-state index contributed by atoms with van der Waals surface area (Å²) in [6.07, 6.45) is 7.15. The van der Waals surface area contributed by atoms with E-state index in [0.717, 1.165) is 19.4 Å². The molecule has 0 radical (unpaired) electrons. The zero-order valence-corrected chi connectivity index (χ0v) is 14.6. The average molecular weight is 310 g/mol.